The average molecular weight is 197 g/mol. The highest BCUT2D eigenvalue weighted by atomic mass is 19.1. The molecule has 1 aromatic carbocycles. The van der Waals surface area contributed by atoms with E-state index in [0.29, 0.717) is 16.8 Å². The molecule has 0 aliphatic heterocycles. The van der Waals surface area contributed by atoms with E-state index in [1.165, 1.54) is 19.2 Å². The van der Waals surface area contributed by atoms with Gasteiger partial charge >= 0.3 is 5.97 Å². The predicted octanol–water partition coefficient (Wildman–Crippen LogP) is 1.43. The SMILES string of the molecule is COC(=O)Cc1cc(F)cc(C)c1N. The van der Waals surface area contributed by atoms with Crippen LogP contribution in [0.25, 0.3) is 0 Å². The van der Waals surface area contributed by atoms with Crippen molar-refractivity contribution >= 4 is 11.7 Å². The van der Waals surface area contributed by atoms with Gasteiger partial charge in [-0.25, -0.2) is 4.39 Å². The van der Waals surface area contributed by atoms with Gasteiger partial charge in [0.25, 0.3) is 0 Å². The van der Waals surface area contributed by atoms with Gasteiger partial charge in [0.05, 0.1) is 13.5 Å². The number of rotatable bonds is 2. The van der Waals surface area contributed by atoms with Gasteiger partial charge in [0, 0.05) is 5.69 Å². The van der Waals surface area contributed by atoms with Crippen LogP contribution in [0.2, 0.25) is 0 Å². The molecule has 1 aromatic rings. The molecule has 76 valence electrons. The number of carbonyl (C=O) groups is 1. The van der Waals surface area contributed by atoms with Crippen LogP contribution in [0.15, 0.2) is 12.1 Å². The summed E-state index contributed by atoms with van der Waals surface area (Å²) in [6.45, 7) is 1.69. The molecule has 0 amide bonds. The summed E-state index contributed by atoms with van der Waals surface area (Å²) in [5.74, 6) is -0.822. The Morgan fingerprint density at radius 1 is 1.57 bits per heavy atom. The summed E-state index contributed by atoms with van der Waals surface area (Å²) in [7, 11) is 1.28. The van der Waals surface area contributed by atoms with E-state index >= 15 is 0 Å². The minimum absolute atomic E-state index is 0.000926. The molecule has 14 heavy (non-hydrogen) atoms. The van der Waals surface area contributed by atoms with Gasteiger partial charge in [0.1, 0.15) is 5.82 Å². The highest BCUT2D eigenvalue weighted by Crippen LogP contribution is 2.19. The smallest absolute Gasteiger partial charge is 0.310 e. The molecule has 0 saturated heterocycles. The van der Waals surface area contributed by atoms with E-state index < -0.39 is 11.8 Å². The Balaban J connectivity index is 3.02. The number of anilines is 1. The minimum atomic E-state index is -0.429. The number of aryl methyl sites for hydroxylation is 1. The first kappa shape index (κ1) is 10.5. The van der Waals surface area contributed by atoms with E-state index in [4.69, 9.17) is 5.73 Å². The summed E-state index contributed by atoms with van der Waals surface area (Å²) in [5.41, 5.74) is 7.22. The Bertz CT molecular complexity index is 363. The summed E-state index contributed by atoms with van der Waals surface area (Å²) >= 11 is 0. The van der Waals surface area contributed by atoms with Gasteiger partial charge in [-0.2, -0.15) is 0 Å². The topological polar surface area (TPSA) is 52.3 Å². The number of benzene rings is 1. The summed E-state index contributed by atoms with van der Waals surface area (Å²) in [5, 5.41) is 0. The molecule has 1 rings (SSSR count). The molecule has 0 atom stereocenters. The number of methoxy groups -OCH3 is 1. The molecule has 3 nitrogen and oxygen atoms in total. The second-order valence-corrected chi connectivity index (χ2v) is 3.05. The fraction of sp³-hybridized carbons (Fsp3) is 0.300. The standard InChI is InChI=1S/C10H12FNO2/c1-6-3-8(11)4-7(10(6)12)5-9(13)14-2/h3-4H,5,12H2,1-2H3. The molecule has 0 unspecified atom stereocenters. The van der Waals surface area contributed by atoms with Crippen molar-refractivity contribution in [2.24, 2.45) is 0 Å². The van der Waals surface area contributed by atoms with Crippen LogP contribution in [0.5, 0.6) is 0 Å². The van der Waals surface area contributed by atoms with E-state index in [0.717, 1.165) is 0 Å². The van der Waals surface area contributed by atoms with Crippen molar-refractivity contribution in [3.63, 3.8) is 0 Å². The van der Waals surface area contributed by atoms with Crippen molar-refractivity contribution in [2.45, 2.75) is 13.3 Å². The third-order valence-corrected chi connectivity index (χ3v) is 2.00. The van der Waals surface area contributed by atoms with Crippen LogP contribution in [0.4, 0.5) is 10.1 Å². The van der Waals surface area contributed by atoms with Crippen LogP contribution < -0.4 is 5.73 Å². The minimum Gasteiger partial charge on any atom is -0.469 e. The molecule has 2 N–H and O–H groups in total. The van der Waals surface area contributed by atoms with Gasteiger partial charge in [-0.15, -0.1) is 0 Å². The maximum Gasteiger partial charge on any atom is 0.310 e. The zero-order chi connectivity index (χ0) is 10.7. The fourth-order valence-corrected chi connectivity index (χ4v) is 1.20. The maximum absolute atomic E-state index is 13.0. The lowest BCUT2D eigenvalue weighted by atomic mass is 10.1. The van der Waals surface area contributed by atoms with Crippen LogP contribution in [-0.4, -0.2) is 13.1 Å². The zero-order valence-corrected chi connectivity index (χ0v) is 8.13. The van der Waals surface area contributed by atoms with Crippen molar-refractivity contribution in [3.8, 4) is 0 Å². The number of nitrogens with two attached hydrogens (primary N) is 1. The number of esters is 1. The first-order valence-electron chi connectivity index (χ1n) is 4.16. The molecule has 0 saturated carbocycles. The van der Waals surface area contributed by atoms with Gasteiger partial charge in [0.2, 0.25) is 0 Å². The Morgan fingerprint density at radius 2 is 2.21 bits per heavy atom. The van der Waals surface area contributed by atoms with E-state index in [-0.39, 0.29) is 6.42 Å². The number of hydrogen-bond acceptors (Lipinski definition) is 3. The monoisotopic (exact) mass is 197 g/mol. The van der Waals surface area contributed by atoms with Crippen molar-refractivity contribution in [3.05, 3.63) is 29.1 Å². The highest BCUT2D eigenvalue weighted by Gasteiger charge is 2.09. The molecular formula is C10H12FNO2. The molecule has 0 radical (unpaired) electrons. The molecule has 0 aliphatic rings. The number of nitrogen functional groups attached to an aromatic ring is 1. The molecule has 0 aliphatic carbocycles. The molecular weight excluding hydrogens is 185 g/mol. The molecule has 0 spiro atoms. The lowest BCUT2D eigenvalue weighted by molar-refractivity contribution is -0.139. The number of ether oxygens (including phenoxy) is 1. The van der Waals surface area contributed by atoms with Crippen LogP contribution in [0.1, 0.15) is 11.1 Å². The second kappa shape index (κ2) is 4.09. The zero-order valence-electron chi connectivity index (χ0n) is 8.13. The first-order chi connectivity index (χ1) is 6.54. The lowest BCUT2D eigenvalue weighted by Crippen LogP contribution is -2.08. The van der Waals surface area contributed by atoms with Crippen LogP contribution in [0, 0.1) is 12.7 Å². The highest BCUT2D eigenvalue weighted by molar-refractivity contribution is 5.75. The second-order valence-electron chi connectivity index (χ2n) is 3.05. The average Bonchev–Trinajstić information content (AvgIpc) is 2.13. The number of halogens is 1. The predicted molar refractivity (Wildman–Crippen MR) is 51.3 cm³/mol. The maximum atomic E-state index is 13.0. The molecule has 0 heterocycles. The van der Waals surface area contributed by atoms with E-state index in [1.807, 2.05) is 0 Å². The van der Waals surface area contributed by atoms with Gasteiger partial charge in [-0.3, -0.25) is 4.79 Å². The van der Waals surface area contributed by atoms with Crippen LogP contribution in [-0.2, 0) is 16.0 Å². The van der Waals surface area contributed by atoms with Gasteiger partial charge in [0.15, 0.2) is 0 Å². The van der Waals surface area contributed by atoms with Crippen molar-refractivity contribution in [2.75, 3.05) is 12.8 Å². The molecule has 0 bridgehead atoms. The Morgan fingerprint density at radius 3 is 2.79 bits per heavy atom. The van der Waals surface area contributed by atoms with E-state index in [2.05, 4.69) is 4.74 Å². The first-order valence-corrected chi connectivity index (χ1v) is 4.16. The van der Waals surface area contributed by atoms with Gasteiger partial charge in [-0.05, 0) is 30.2 Å². The van der Waals surface area contributed by atoms with E-state index in [9.17, 15) is 9.18 Å². The lowest BCUT2D eigenvalue weighted by Gasteiger charge is -2.07. The van der Waals surface area contributed by atoms with Crippen LogP contribution >= 0.6 is 0 Å². The third kappa shape index (κ3) is 2.22. The summed E-state index contributed by atoms with van der Waals surface area (Å²) in [6.07, 6.45) is 0.000926. The Kier molecular flexibility index (Phi) is 3.06. The van der Waals surface area contributed by atoms with Crippen molar-refractivity contribution in [1.29, 1.82) is 0 Å². The Labute approximate surface area is 81.7 Å². The summed E-state index contributed by atoms with van der Waals surface area (Å²) in [6, 6.07) is 2.58. The largest absolute Gasteiger partial charge is 0.469 e. The fourth-order valence-electron chi connectivity index (χ4n) is 1.20. The van der Waals surface area contributed by atoms with Gasteiger partial charge in [-0.1, -0.05) is 0 Å². The number of hydrogen-bond donors (Lipinski definition) is 1. The summed E-state index contributed by atoms with van der Waals surface area (Å²) < 4.78 is 17.4. The van der Waals surface area contributed by atoms with Gasteiger partial charge < -0.3 is 10.5 Å². The van der Waals surface area contributed by atoms with Crippen molar-refractivity contribution < 1.29 is 13.9 Å². The third-order valence-electron chi connectivity index (χ3n) is 2.00. The number of carbonyl (C=O) groups excluding carboxylic acids is 1. The molecule has 4 heteroatoms. The quantitative estimate of drug-likeness (QED) is 0.576. The normalized spacial score (nSPS) is 9.93. The van der Waals surface area contributed by atoms with E-state index in [1.54, 1.807) is 6.92 Å². The summed E-state index contributed by atoms with van der Waals surface area (Å²) in [4.78, 5) is 11.0. The Hall–Kier alpha value is -1.58. The van der Waals surface area contributed by atoms with Crippen molar-refractivity contribution in [1.82, 2.24) is 0 Å². The van der Waals surface area contributed by atoms with Crippen LogP contribution in [0.3, 0.4) is 0 Å². The molecule has 0 aromatic heterocycles. The molecule has 0 fully saturated rings.